The van der Waals surface area contributed by atoms with Gasteiger partial charge in [-0.25, -0.2) is 16.8 Å². The van der Waals surface area contributed by atoms with Crippen molar-refractivity contribution in [3.63, 3.8) is 0 Å². The third-order valence-electron chi connectivity index (χ3n) is 2.77. The second-order valence-electron chi connectivity index (χ2n) is 5.69. The zero-order valence-electron chi connectivity index (χ0n) is 12.2. The third kappa shape index (κ3) is 3.33. The summed E-state index contributed by atoms with van der Waals surface area (Å²) in [5.74, 6) is 11.1. The van der Waals surface area contributed by atoms with Crippen LogP contribution in [0.15, 0.2) is 41.3 Å². The van der Waals surface area contributed by atoms with Gasteiger partial charge in [0.2, 0.25) is 0 Å². The largest absolute Gasteiger partial charge is 0.298 e. The smallest absolute Gasteiger partial charge is 0.261 e. The first-order chi connectivity index (χ1) is 9.62. The van der Waals surface area contributed by atoms with Crippen LogP contribution in [0.1, 0.15) is 20.8 Å². The molecule has 0 radical (unpaired) electrons. The van der Waals surface area contributed by atoms with E-state index in [-0.39, 0.29) is 4.90 Å². The van der Waals surface area contributed by atoms with Crippen LogP contribution >= 0.6 is 0 Å². The zero-order valence-corrected chi connectivity index (χ0v) is 13.0. The number of hydrogen-bond donors (Lipinski definition) is 2. The van der Waals surface area contributed by atoms with E-state index in [0.717, 1.165) is 5.12 Å². The normalized spacial score (nSPS) is 12.6. The number of fused-ring (bicyclic) bond motifs is 1. The molecule has 0 aliphatic heterocycles. The molecule has 6 nitrogen and oxygen atoms in total. The van der Waals surface area contributed by atoms with Crippen molar-refractivity contribution in [1.82, 2.24) is 0 Å². The van der Waals surface area contributed by atoms with Crippen molar-refractivity contribution < 1.29 is 12.6 Å². The van der Waals surface area contributed by atoms with Gasteiger partial charge in [0.1, 0.15) is 4.90 Å². The lowest BCUT2D eigenvalue weighted by atomic mass is 10.1. The van der Waals surface area contributed by atoms with E-state index in [4.69, 9.17) is 15.9 Å². The SMILES string of the molecule is CC(C)(C)OS(=O)(=O)c1cccc2c(N(N)N)cccc12. The summed E-state index contributed by atoms with van der Waals surface area (Å²) in [6, 6.07) is 10.00. The van der Waals surface area contributed by atoms with E-state index in [1.165, 1.54) is 6.07 Å². The summed E-state index contributed by atoms with van der Waals surface area (Å²) in [5, 5.41) is 2.12. The van der Waals surface area contributed by atoms with Gasteiger partial charge in [0.05, 0.1) is 11.3 Å². The minimum atomic E-state index is -3.89. The van der Waals surface area contributed by atoms with Gasteiger partial charge < -0.3 is 0 Å². The van der Waals surface area contributed by atoms with Gasteiger partial charge in [0.15, 0.2) is 0 Å². The number of hydrazine groups is 2. The molecule has 7 heteroatoms. The topological polar surface area (TPSA) is 98.7 Å². The van der Waals surface area contributed by atoms with Crippen LogP contribution in [-0.2, 0) is 14.3 Å². The quantitative estimate of drug-likeness (QED) is 0.510. The van der Waals surface area contributed by atoms with Crippen molar-refractivity contribution in [2.45, 2.75) is 31.3 Å². The van der Waals surface area contributed by atoms with Crippen molar-refractivity contribution in [3.05, 3.63) is 36.4 Å². The summed E-state index contributed by atoms with van der Waals surface area (Å²) >= 11 is 0. The fraction of sp³-hybridized carbons (Fsp3) is 0.286. The highest BCUT2D eigenvalue weighted by Gasteiger charge is 2.26. The van der Waals surface area contributed by atoms with Gasteiger partial charge in [-0.3, -0.25) is 4.18 Å². The Bertz CT molecular complexity index is 765. The fourth-order valence-corrected chi connectivity index (χ4v) is 3.52. The van der Waals surface area contributed by atoms with E-state index in [1.54, 1.807) is 51.1 Å². The molecule has 2 rings (SSSR count). The average Bonchev–Trinajstić information content (AvgIpc) is 2.34. The summed E-state index contributed by atoms with van der Waals surface area (Å²) in [4.78, 5) is 0.0959. The predicted molar refractivity (Wildman–Crippen MR) is 82.8 cm³/mol. The Balaban J connectivity index is 2.69. The van der Waals surface area contributed by atoms with Gasteiger partial charge in [0.25, 0.3) is 10.1 Å². The van der Waals surface area contributed by atoms with Gasteiger partial charge >= 0.3 is 0 Å². The van der Waals surface area contributed by atoms with Crippen LogP contribution in [0, 0.1) is 0 Å². The monoisotopic (exact) mass is 309 g/mol. The molecule has 4 N–H and O–H groups in total. The second-order valence-corrected chi connectivity index (χ2v) is 7.20. The molecule has 0 atom stereocenters. The third-order valence-corrected chi connectivity index (χ3v) is 4.38. The van der Waals surface area contributed by atoms with Crippen molar-refractivity contribution in [3.8, 4) is 0 Å². The Kier molecular flexibility index (Phi) is 3.94. The Hall–Kier alpha value is -1.67. The molecule has 0 spiro atoms. The van der Waals surface area contributed by atoms with Crippen LogP contribution in [0.5, 0.6) is 0 Å². The van der Waals surface area contributed by atoms with E-state index in [0.29, 0.717) is 16.5 Å². The maximum Gasteiger partial charge on any atom is 0.298 e. The Morgan fingerprint density at radius 1 is 1.00 bits per heavy atom. The molecule has 0 unspecified atom stereocenters. The lowest BCUT2D eigenvalue weighted by molar-refractivity contribution is 0.140. The average molecular weight is 309 g/mol. The molecule has 21 heavy (non-hydrogen) atoms. The standard InChI is InChI=1S/C14H19N3O3S/c1-14(2,3)20-21(18,19)13-9-5-6-10-11(13)7-4-8-12(10)17(15)16/h4-9H,15-16H2,1-3H3. The van der Waals surface area contributed by atoms with E-state index in [2.05, 4.69) is 0 Å². The van der Waals surface area contributed by atoms with Crippen LogP contribution in [0.25, 0.3) is 10.8 Å². The molecule has 0 bridgehead atoms. The van der Waals surface area contributed by atoms with Crippen LogP contribution in [0.3, 0.4) is 0 Å². The second kappa shape index (κ2) is 5.27. The molecule has 2 aromatic carbocycles. The van der Waals surface area contributed by atoms with Gasteiger partial charge in [-0.05, 0) is 32.9 Å². The first kappa shape index (κ1) is 15.7. The maximum atomic E-state index is 12.4. The van der Waals surface area contributed by atoms with Crippen LogP contribution in [0.4, 0.5) is 5.69 Å². The fourth-order valence-electron chi connectivity index (χ4n) is 2.08. The van der Waals surface area contributed by atoms with Crippen molar-refractivity contribution in [2.24, 2.45) is 11.7 Å². The van der Waals surface area contributed by atoms with E-state index >= 15 is 0 Å². The molecule has 114 valence electrons. The minimum Gasteiger partial charge on any atom is -0.261 e. The Morgan fingerprint density at radius 3 is 2.14 bits per heavy atom. The number of hydrogen-bond acceptors (Lipinski definition) is 6. The molecule has 0 aliphatic rings. The van der Waals surface area contributed by atoms with Crippen LogP contribution < -0.4 is 16.8 Å². The highest BCUT2D eigenvalue weighted by atomic mass is 32.2. The van der Waals surface area contributed by atoms with Crippen molar-refractivity contribution in [2.75, 3.05) is 5.12 Å². The number of anilines is 1. The van der Waals surface area contributed by atoms with Crippen molar-refractivity contribution in [1.29, 1.82) is 0 Å². The Morgan fingerprint density at radius 2 is 1.57 bits per heavy atom. The number of rotatable bonds is 3. The molecule has 0 aliphatic carbocycles. The lowest BCUT2D eigenvalue weighted by Gasteiger charge is -2.20. The summed E-state index contributed by atoms with van der Waals surface area (Å²) in [6.45, 7) is 5.05. The van der Waals surface area contributed by atoms with Crippen molar-refractivity contribution >= 4 is 26.6 Å². The van der Waals surface area contributed by atoms with Gasteiger partial charge in [-0.15, -0.1) is 0 Å². The number of nitrogens with zero attached hydrogens (tertiary/aromatic N) is 1. The molecule has 0 amide bonds. The summed E-state index contributed by atoms with van der Waals surface area (Å²) in [5.41, 5.74) is -0.285. The summed E-state index contributed by atoms with van der Waals surface area (Å²) in [6.07, 6.45) is 0. The highest BCUT2D eigenvalue weighted by molar-refractivity contribution is 7.87. The van der Waals surface area contributed by atoms with E-state index in [1.807, 2.05) is 0 Å². The minimum absolute atomic E-state index is 0.0959. The highest BCUT2D eigenvalue weighted by Crippen LogP contribution is 2.31. The number of benzene rings is 2. The summed E-state index contributed by atoms with van der Waals surface area (Å²) < 4.78 is 30.1. The zero-order chi connectivity index (χ0) is 15.8. The molecule has 2 aromatic rings. The van der Waals surface area contributed by atoms with E-state index < -0.39 is 15.7 Å². The summed E-state index contributed by atoms with van der Waals surface area (Å²) in [7, 11) is -3.89. The molecular weight excluding hydrogens is 290 g/mol. The molecule has 0 saturated carbocycles. The number of nitrogens with two attached hydrogens (primary N) is 2. The van der Waals surface area contributed by atoms with E-state index in [9.17, 15) is 8.42 Å². The first-order valence-corrected chi connectivity index (χ1v) is 7.79. The molecule has 0 saturated heterocycles. The van der Waals surface area contributed by atoms with Crippen LogP contribution in [-0.4, -0.2) is 14.0 Å². The first-order valence-electron chi connectivity index (χ1n) is 6.39. The molecule has 0 fully saturated rings. The predicted octanol–water partition coefficient (Wildman–Crippen LogP) is 1.90. The Labute approximate surface area is 124 Å². The van der Waals surface area contributed by atoms with Gasteiger partial charge in [-0.2, -0.15) is 8.42 Å². The molecule has 0 aromatic heterocycles. The lowest BCUT2D eigenvalue weighted by Crippen LogP contribution is -2.37. The van der Waals surface area contributed by atoms with Gasteiger partial charge in [-0.1, -0.05) is 24.3 Å². The van der Waals surface area contributed by atoms with Crippen LogP contribution in [0.2, 0.25) is 0 Å². The molecular formula is C14H19N3O3S. The maximum absolute atomic E-state index is 12.4. The molecule has 0 heterocycles. The van der Waals surface area contributed by atoms with Gasteiger partial charge in [0, 0.05) is 10.8 Å².